The van der Waals surface area contributed by atoms with E-state index in [1.54, 1.807) is 24.3 Å². The van der Waals surface area contributed by atoms with Crippen molar-refractivity contribution >= 4 is 17.6 Å². The van der Waals surface area contributed by atoms with Crippen LogP contribution in [0.3, 0.4) is 0 Å². The van der Waals surface area contributed by atoms with Crippen molar-refractivity contribution in [1.29, 1.82) is 0 Å². The second-order valence-electron chi connectivity index (χ2n) is 6.50. The second kappa shape index (κ2) is 8.08. The number of aryl methyl sites for hydroxylation is 2. The lowest BCUT2D eigenvalue weighted by Gasteiger charge is -2.14. The normalized spacial score (nSPS) is 11.7. The minimum absolute atomic E-state index is 0.107. The molecule has 1 aromatic heterocycles. The van der Waals surface area contributed by atoms with E-state index < -0.39 is 23.8 Å². The van der Waals surface area contributed by atoms with Crippen LogP contribution in [0.15, 0.2) is 59.0 Å². The van der Waals surface area contributed by atoms with Crippen molar-refractivity contribution in [2.24, 2.45) is 0 Å². The van der Waals surface area contributed by atoms with Gasteiger partial charge in [0.2, 0.25) is 5.76 Å². The van der Waals surface area contributed by atoms with E-state index in [2.05, 4.69) is 5.32 Å². The van der Waals surface area contributed by atoms with Crippen molar-refractivity contribution in [2.45, 2.75) is 26.9 Å². The number of ether oxygens (including phenoxy) is 1. The van der Waals surface area contributed by atoms with E-state index in [9.17, 15) is 14.0 Å². The zero-order chi connectivity index (χ0) is 20.3. The summed E-state index contributed by atoms with van der Waals surface area (Å²) in [6.07, 6.45) is -1.03. The summed E-state index contributed by atoms with van der Waals surface area (Å²) in [5.74, 6) is -1.62. The standard InChI is InChI=1S/C22H20FNO4/c1-13-8-9-18(14(2)12-13)24-21(25)15(3)27-22(26)20-11-10-19(28-20)16-6-4-5-7-17(16)23/h4-12,15H,1-3H3,(H,24,25)/t15-/m1/s1. The van der Waals surface area contributed by atoms with Crippen molar-refractivity contribution in [1.82, 2.24) is 0 Å². The molecule has 0 fully saturated rings. The number of carbonyl (C=O) groups excluding carboxylic acids is 2. The lowest BCUT2D eigenvalue weighted by Crippen LogP contribution is -2.30. The molecule has 28 heavy (non-hydrogen) atoms. The van der Waals surface area contributed by atoms with E-state index >= 15 is 0 Å². The molecule has 0 spiro atoms. The Morgan fingerprint density at radius 1 is 1.07 bits per heavy atom. The van der Waals surface area contributed by atoms with Gasteiger partial charge in [-0.2, -0.15) is 0 Å². The van der Waals surface area contributed by atoms with Crippen molar-refractivity contribution in [3.05, 3.63) is 77.3 Å². The van der Waals surface area contributed by atoms with Gasteiger partial charge < -0.3 is 14.5 Å². The predicted molar refractivity (Wildman–Crippen MR) is 104 cm³/mol. The molecule has 3 aromatic rings. The summed E-state index contributed by atoms with van der Waals surface area (Å²) in [4.78, 5) is 24.6. The number of anilines is 1. The summed E-state index contributed by atoms with van der Waals surface area (Å²) in [5, 5.41) is 2.74. The van der Waals surface area contributed by atoms with Crippen molar-refractivity contribution in [3.63, 3.8) is 0 Å². The van der Waals surface area contributed by atoms with Gasteiger partial charge in [-0.15, -0.1) is 0 Å². The molecule has 0 saturated carbocycles. The number of furan rings is 1. The molecule has 5 nitrogen and oxygen atoms in total. The summed E-state index contributed by atoms with van der Waals surface area (Å²) < 4.78 is 24.4. The van der Waals surface area contributed by atoms with Crippen LogP contribution in [0.5, 0.6) is 0 Å². The fourth-order valence-corrected chi connectivity index (χ4v) is 2.71. The first-order valence-corrected chi connectivity index (χ1v) is 8.79. The topological polar surface area (TPSA) is 68.5 Å². The zero-order valence-corrected chi connectivity index (χ0v) is 15.8. The highest BCUT2D eigenvalue weighted by molar-refractivity contribution is 5.97. The maximum absolute atomic E-state index is 13.8. The molecular weight excluding hydrogens is 361 g/mol. The molecule has 1 atom stereocenters. The number of rotatable bonds is 5. The third-order valence-corrected chi connectivity index (χ3v) is 4.24. The first-order valence-electron chi connectivity index (χ1n) is 8.79. The minimum Gasteiger partial charge on any atom is -0.449 e. The van der Waals surface area contributed by atoms with Crippen LogP contribution in [-0.4, -0.2) is 18.0 Å². The average molecular weight is 381 g/mol. The molecule has 1 N–H and O–H groups in total. The largest absolute Gasteiger partial charge is 0.449 e. The van der Waals surface area contributed by atoms with E-state index in [-0.39, 0.29) is 17.1 Å². The number of hydrogen-bond acceptors (Lipinski definition) is 4. The monoisotopic (exact) mass is 381 g/mol. The Balaban J connectivity index is 1.66. The molecule has 0 saturated heterocycles. The third kappa shape index (κ3) is 4.28. The van der Waals surface area contributed by atoms with Crippen LogP contribution in [0.1, 0.15) is 28.6 Å². The van der Waals surface area contributed by atoms with Crippen molar-refractivity contribution < 1.29 is 23.1 Å². The molecule has 0 bridgehead atoms. The van der Waals surface area contributed by atoms with Gasteiger partial charge >= 0.3 is 5.97 Å². The van der Waals surface area contributed by atoms with Crippen LogP contribution in [-0.2, 0) is 9.53 Å². The van der Waals surface area contributed by atoms with E-state index in [0.29, 0.717) is 5.69 Å². The number of esters is 1. The first kappa shape index (κ1) is 19.4. The van der Waals surface area contributed by atoms with Crippen LogP contribution in [0.4, 0.5) is 10.1 Å². The molecule has 6 heteroatoms. The van der Waals surface area contributed by atoms with Gasteiger partial charge in [-0.1, -0.05) is 29.8 Å². The van der Waals surface area contributed by atoms with Gasteiger partial charge in [0.25, 0.3) is 5.91 Å². The molecule has 3 rings (SSSR count). The Morgan fingerprint density at radius 3 is 2.54 bits per heavy atom. The number of amides is 1. The maximum atomic E-state index is 13.8. The lowest BCUT2D eigenvalue weighted by molar-refractivity contribution is -0.123. The smallest absolute Gasteiger partial charge is 0.375 e. The Labute approximate surface area is 162 Å². The molecular formula is C22H20FNO4. The lowest BCUT2D eigenvalue weighted by atomic mass is 10.1. The molecule has 0 unspecified atom stereocenters. The van der Waals surface area contributed by atoms with Gasteiger partial charge in [-0.3, -0.25) is 4.79 Å². The Kier molecular flexibility index (Phi) is 5.59. The van der Waals surface area contributed by atoms with Crippen molar-refractivity contribution in [3.8, 4) is 11.3 Å². The van der Waals surface area contributed by atoms with Crippen LogP contribution in [0, 0.1) is 19.7 Å². The predicted octanol–water partition coefficient (Wildman–Crippen LogP) is 4.89. The van der Waals surface area contributed by atoms with Crippen LogP contribution >= 0.6 is 0 Å². The van der Waals surface area contributed by atoms with E-state index in [1.165, 1.54) is 25.1 Å². The summed E-state index contributed by atoms with van der Waals surface area (Å²) in [5.41, 5.74) is 2.88. The second-order valence-corrected chi connectivity index (χ2v) is 6.50. The van der Waals surface area contributed by atoms with Gasteiger partial charge in [0.15, 0.2) is 6.10 Å². The average Bonchev–Trinajstić information content (AvgIpc) is 3.14. The van der Waals surface area contributed by atoms with Gasteiger partial charge in [0.05, 0.1) is 5.56 Å². The number of nitrogens with one attached hydrogen (secondary N) is 1. The molecule has 1 heterocycles. The highest BCUT2D eigenvalue weighted by atomic mass is 19.1. The Bertz CT molecular complexity index is 1020. The third-order valence-electron chi connectivity index (χ3n) is 4.24. The fraction of sp³-hybridized carbons (Fsp3) is 0.182. The van der Waals surface area contributed by atoms with Crippen LogP contribution in [0.25, 0.3) is 11.3 Å². The minimum atomic E-state index is -1.03. The van der Waals surface area contributed by atoms with Crippen LogP contribution < -0.4 is 5.32 Å². The number of hydrogen-bond donors (Lipinski definition) is 1. The van der Waals surface area contributed by atoms with Gasteiger partial charge in [0, 0.05) is 5.69 Å². The SMILES string of the molecule is Cc1ccc(NC(=O)[C@@H](C)OC(=O)c2ccc(-c3ccccc3F)o2)c(C)c1. The molecule has 2 aromatic carbocycles. The molecule has 1 amide bonds. The van der Waals surface area contributed by atoms with Crippen molar-refractivity contribution in [2.75, 3.05) is 5.32 Å². The van der Waals surface area contributed by atoms with Gasteiger partial charge in [-0.25, -0.2) is 9.18 Å². The zero-order valence-electron chi connectivity index (χ0n) is 15.8. The van der Waals surface area contributed by atoms with Gasteiger partial charge in [0.1, 0.15) is 11.6 Å². The number of halogens is 1. The highest BCUT2D eigenvalue weighted by Gasteiger charge is 2.22. The summed E-state index contributed by atoms with van der Waals surface area (Å²) in [6, 6.07) is 14.6. The Morgan fingerprint density at radius 2 is 1.82 bits per heavy atom. The molecule has 0 aliphatic heterocycles. The molecule has 144 valence electrons. The molecule has 0 aliphatic rings. The first-order chi connectivity index (χ1) is 13.3. The quantitative estimate of drug-likeness (QED) is 0.639. The summed E-state index contributed by atoms with van der Waals surface area (Å²) in [6.45, 7) is 5.31. The highest BCUT2D eigenvalue weighted by Crippen LogP contribution is 2.25. The van der Waals surface area contributed by atoms with Gasteiger partial charge in [-0.05, 0) is 56.7 Å². The van der Waals surface area contributed by atoms with E-state index in [1.807, 2.05) is 26.0 Å². The van der Waals surface area contributed by atoms with E-state index in [4.69, 9.17) is 9.15 Å². The van der Waals surface area contributed by atoms with E-state index in [0.717, 1.165) is 11.1 Å². The maximum Gasteiger partial charge on any atom is 0.375 e. The molecule has 0 aliphatic carbocycles. The fourth-order valence-electron chi connectivity index (χ4n) is 2.71. The molecule has 0 radical (unpaired) electrons. The Hall–Kier alpha value is -3.41. The summed E-state index contributed by atoms with van der Waals surface area (Å²) in [7, 11) is 0. The summed E-state index contributed by atoms with van der Waals surface area (Å²) >= 11 is 0. The van der Waals surface area contributed by atoms with Crippen LogP contribution in [0.2, 0.25) is 0 Å². The number of carbonyl (C=O) groups is 2. The number of benzene rings is 2.